The summed E-state index contributed by atoms with van der Waals surface area (Å²) in [7, 11) is 1.54. The molecule has 30 heavy (non-hydrogen) atoms. The van der Waals surface area contributed by atoms with Gasteiger partial charge in [0.15, 0.2) is 5.82 Å². The quantitative estimate of drug-likeness (QED) is 0.501. The third kappa shape index (κ3) is 2.79. The van der Waals surface area contributed by atoms with E-state index in [0.717, 1.165) is 5.56 Å². The van der Waals surface area contributed by atoms with Crippen molar-refractivity contribution in [3.05, 3.63) is 88.7 Å². The molecule has 0 atom stereocenters. The van der Waals surface area contributed by atoms with Crippen LogP contribution in [0.25, 0.3) is 28.1 Å². The Kier molecular flexibility index (Phi) is 4.21. The van der Waals surface area contributed by atoms with Crippen molar-refractivity contribution >= 4 is 16.7 Å². The van der Waals surface area contributed by atoms with Gasteiger partial charge in [-0.05, 0) is 29.8 Å². The molecule has 7 heteroatoms. The normalized spacial score (nSPS) is 11.2. The van der Waals surface area contributed by atoms with Gasteiger partial charge in [-0.15, -0.1) is 10.2 Å². The number of hydrogen-bond acceptors (Lipinski definition) is 5. The van der Waals surface area contributed by atoms with Crippen molar-refractivity contribution in [2.24, 2.45) is 0 Å². The minimum absolute atomic E-state index is 0.0218. The zero-order valence-electron chi connectivity index (χ0n) is 16.2. The zero-order chi connectivity index (χ0) is 20.7. The first-order valence-electron chi connectivity index (χ1n) is 9.45. The minimum atomic E-state index is -0.139. The van der Waals surface area contributed by atoms with Crippen LogP contribution in [0.4, 0.5) is 0 Å². The summed E-state index contributed by atoms with van der Waals surface area (Å²) >= 11 is 0. The van der Waals surface area contributed by atoms with Crippen molar-refractivity contribution in [2.45, 2.75) is 6.54 Å². The molecule has 2 heterocycles. The van der Waals surface area contributed by atoms with E-state index in [1.54, 1.807) is 27.2 Å². The number of fused-ring (bicyclic) bond motifs is 3. The third-order valence-corrected chi connectivity index (χ3v) is 5.14. The van der Waals surface area contributed by atoms with Gasteiger partial charge in [0.25, 0.3) is 5.56 Å². The number of phenolic OH excluding ortho intramolecular Hbond substituents is 1. The molecular formula is C23H18N4O3. The van der Waals surface area contributed by atoms with Crippen LogP contribution in [0.5, 0.6) is 11.5 Å². The fourth-order valence-electron chi connectivity index (χ4n) is 3.67. The van der Waals surface area contributed by atoms with Crippen molar-refractivity contribution in [1.29, 1.82) is 0 Å². The predicted octanol–water partition coefficient (Wildman–Crippen LogP) is 3.47. The maximum absolute atomic E-state index is 13.3. The van der Waals surface area contributed by atoms with Crippen molar-refractivity contribution in [1.82, 2.24) is 19.2 Å². The summed E-state index contributed by atoms with van der Waals surface area (Å²) in [4.78, 5) is 13.3. The van der Waals surface area contributed by atoms with E-state index in [0.29, 0.717) is 40.4 Å². The van der Waals surface area contributed by atoms with Gasteiger partial charge in [-0.3, -0.25) is 13.8 Å². The topological polar surface area (TPSA) is 81.7 Å². The summed E-state index contributed by atoms with van der Waals surface area (Å²) in [6.07, 6.45) is 0. The van der Waals surface area contributed by atoms with E-state index in [4.69, 9.17) is 4.74 Å². The second kappa shape index (κ2) is 7.04. The zero-order valence-corrected chi connectivity index (χ0v) is 16.2. The molecule has 7 nitrogen and oxygen atoms in total. The number of hydrogen-bond donors (Lipinski definition) is 1. The number of rotatable bonds is 4. The lowest BCUT2D eigenvalue weighted by Crippen LogP contribution is -2.24. The van der Waals surface area contributed by atoms with E-state index in [-0.39, 0.29) is 11.3 Å². The highest BCUT2D eigenvalue weighted by atomic mass is 16.5. The van der Waals surface area contributed by atoms with Crippen LogP contribution in [0.15, 0.2) is 77.6 Å². The summed E-state index contributed by atoms with van der Waals surface area (Å²) in [5, 5.41) is 19.8. The fraction of sp³-hybridized carbons (Fsp3) is 0.0870. The molecule has 148 valence electrons. The van der Waals surface area contributed by atoms with Gasteiger partial charge in [0, 0.05) is 6.07 Å². The third-order valence-electron chi connectivity index (χ3n) is 5.14. The maximum atomic E-state index is 13.3. The Bertz CT molecular complexity index is 1440. The van der Waals surface area contributed by atoms with E-state index in [1.807, 2.05) is 48.5 Å². The second-order valence-corrected chi connectivity index (χ2v) is 6.94. The van der Waals surface area contributed by atoms with Crippen LogP contribution in [-0.2, 0) is 6.54 Å². The fourth-order valence-corrected chi connectivity index (χ4v) is 3.67. The van der Waals surface area contributed by atoms with Crippen LogP contribution >= 0.6 is 0 Å². The number of methoxy groups -OCH3 is 1. The SMILES string of the molecule is COc1ccc(-c2nnc3n(Cc4ccccc4)c(=O)c4ccccc4n23)c(O)c1. The lowest BCUT2D eigenvalue weighted by Gasteiger charge is -2.12. The largest absolute Gasteiger partial charge is 0.507 e. The molecule has 0 fully saturated rings. The molecule has 0 aliphatic heterocycles. The highest BCUT2D eigenvalue weighted by molar-refractivity contribution is 5.83. The van der Waals surface area contributed by atoms with Gasteiger partial charge in [0.2, 0.25) is 5.78 Å². The van der Waals surface area contributed by atoms with Gasteiger partial charge in [-0.2, -0.15) is 0 Å². The summed E-state index contributed by atoms with van der Waals surface area (Å²) in [5.41, 5.74) is 2.02. The molecule has 1 N–H and O–H groups in total. The molecule has 0 saturated heterocycles. The first kappa shape index (κ1) is 17.9. The molecule has 5 aromatic rings. The van der Waals surface area contributed by atoms with E-state index < -0.39 is 0 Å². The van der Waals surface area contributed by atoms with E-state index in [1.165, 1.54) is 13.2 Å². The monoisotopic (exact) mass is 398 g/mol. The molecule has 5 rings (SSSR count). The molecule has 3 aromatic carbocycles. The average Bonchev–Trinajstić information content (AvgIpc) is 3.22. The standard InChI is InChI=1S/C23H18N4O3/c1-30-16-11-12-18(20(28)13-16)21-24-25-23-26(14-15-7-3-2-4-8-15)22(29)17-9-5-6-10-19(17)27(21)23/h2-13,28H,14H2,1H3. The summed E-state index contributed by atoms with van der Waals surface area (Å²) in [6, 6.07) is 22.1. The Hall–Kier alpha value is -4.13. The molecule has 0 saturated carbocycles. The molecule has 0 bridgehead atoms. The second-order valence-electron chi connectivity index (χ2n) is 6.94. The first-order chi connectivity index (χ1) is 14.7. The van der Waals surface area contributed by atoms with E-state index >= 15 is 0 Å². The highest BCUT2D eigenvalue weighted by Crippen LogP contribution is 2.32. The van der Waals surface area contributed by atoms with Crippen LogP contribution in [0.2, 0.25) is 0 Å². The van der Waals surface area contributed by atoms with Gasteiger partial charge in [-0.25, -0.2) is 0 Å². The highest BCUT2D eigenvalue weighted by Gasteiger charge is 2.19. The molecule has 0 radical (unpaired) electrons. The Morgan fingerprint density at radius 2 is 1.73 bits per heavy atom. The summed E-state index contributed by atoms with van der Waals surface area (Å²) < 4.78 is 8.59. The Labute approximate surface area is 171 Å². The number of para-hydroxylation sites is 1. The maximum Gasteiger partial charge on any atom is 0.263 e. The van der Waals surface area contributed by atoms with Crippen LogP contribution in [0.1, 0.15) is 5.56 Å². The molecule has 2 aromatic heterocycles. The van der Waals surface area contributed by atoms with Gasteiger partial charge in [-0.1, -0.05) is 42.5 Å². The number of ether oxygens (including phenoxy) is 1. The molecule has 0 amide bonds. The first-order valence-corrected chi connectivity index (χ1v) is 9.45. The van der Waals surface area contributed by atoms with Crippen molar-refractivity contribution < 1.29 is 9.84 Å². The molecule has 0 spiro atoms. The average molecular weight is 398 g/mol. The number of aromatic hydroxyl groups is 1. The predicted molar refractivity (Wildman–Crippen MR) is 114 cm³/mol. The Morgan fingerprint density at radius 1 is 0.967 bits per heavy atom. The van der Waals surface area contributed by atoms with E-state index in [9.17, 15) is 9.90 Å². The summed E-state index contributed by atoms with van der Waals surface area (Å²) in [5.74, 6) is 1.42. The van der Waals surface area contributed by atoms with Gasteiger partial charge in [0.05, 0.1) is 30.1 Å². The molecular weight excluding hydrogens is 380 g/mol. The van der Waals surface area contributed by atoms with Gasteiger partial charge >= 0.3 is 0 Å². The Morgan fingerprint density at radius 3 is 2.50 bits per heavy atom. The van der Waals surface area contributed by atoms with Gasteiger partial charge < -0.3 is 9.84 Å². The van der Waals surface area contributed by atoms with Crippen molar-refractivity contribution in [2.75, 3.05) is 7.11 Å². The lowest BCUT2D eigenvalue weighted by atomic mass is 10.1. The van der Waals surface area contributed by atoms with Gasteiger partial charge in [0.1, 0.15) is 11.5 Å². The Balaban J connectivity index is 1.83. The van der Waals surface area contributed by atoms with Crippen LogP contribution in [0, 0.1) is 0 Å². The van der Waals surface area contributed by atoms with Crippen molar-refractivity contribution in [3.8, 4) is 22.9 Å². The number of phenols is 1. The van der Waals surface area contributed by atoms with Crippen LogP contribution in [-0.4, -0.2) is 31.4 Å². The minimum Gasteiger partial charge on any atom is -0.507 e. The lowest BCUT2D eigenvalue weighted by molar-refractivity contribution is 0.408. The number of aromatic nitrogens is 4. The van der Waals surface area contributed by atoms with E-state index in [2.05, 4.69) is 10.2 Å². The molecule has 0 aliphatic rings. The van der Waals surface area contributed by atoms with Crippen LogP contribution < -0.4 is 10.3 Å². The smallest absolute Gasteiger partial charge is 0.263 e. The molecule has 0 unspecified atom stereocenters. The molecule has 0 aliphatic carbocycles. The number of benzene rings is 3. The van der Waals surface area contributed by atoms with Crippen molar-refractivity contribution in [3.63, 3.8) is 0 Å². The number of nitrogens with zero attached hydrogens (tertiary/aromatic N) is 4. The van der Waals surface area contributed by atoms with Crippen LogP contribution in [0.3, 0.4) is 0 Å². The summed E-state index contributed by atoms with van der Waals surface area (Å²) in [6.45, 7) is 0.362.